The van der Waals surface area contributed by atoms with Crippen LogP contribution in [0.1, 0.15) is 36.7 Å². The first kappa shape index (κ1) is 21.1. The van der Waals surface area contributed by atoms with Crippen molar-refractivity contribution in [1.82, 2.24) is 14.9 Å². The first-order valence-electron chi connectivity index (χ1n) is 10.2. The number of hydrogen-bond acceptors (Lipinski definition) is 6. The van der Waals surface area contributed by atoms with Crippen LogP contribution in [0.2, 0.25) is 0 Å². The first-order chi connectivity index (χ1) is 15.1. The fourth-order valence-electron chi connectivity index (χ4n) is 3.99. The van der Waals surface area contributed by atoms with Gasteiger partial charge in [-0.25, -0.2) is 4.98 Å². The van der Waals surface area contributed by atoms with E-state index in [-0.39, 0.29) is 23.9 Å². The van der Waals surface area contributed by atoms with Gasteiger partial charge in [0.2, 0.25) is 5.91 Å². The van der Waals surface area contributed by atoms with Crippen LogP contribution in [0, 0.1) is 0 Å². The van der Waals surface area contributed by atoms with Crippen molar-refractivity contribution < 1.29 is 14.3 Å². The van der Waals surface area contributed by atoms with Crippen LogP contribution in [0.4, 0.5) is 0 Å². The molecule has 0 spiro atoms. The number of likely N-dealkylation sites (tertiary alicyclic amines) is 1. The van der Waals surface area contributed by atoms with E-state index in [0.29, 0.717) is 29.6 Å². The lowest BCUT2D eigenvalue weighted by Gasteiger charge is -2.35. The molecule has 7 nitrogen and oxygen atoms in total. The third-order valence-corrected chi connectivity index (χ3v) is 6.23. The van der Waals surface area contributed by atoms with Crippen molar-refractivity contribution in [3.05, 3.63) is 62.8 Å². The molecule has 3 aromatic rings. The Bertz CT molecular complexity index is 1110. The topological polar surface area (TPSA) is 84.5 Å². The number of carbonyl (C=O) groups excluding carboxylic acids is 1. The number of aromatic nitrogens is 2. The van der Waals surface area contributed by atoms with Gasteiger partial charge in [-0.2, -0.15) is 11.3 Å². The van der Waals surface area contributed by atoms with Gasteiger partial charge < -0.3 is 19.4 Å². The third-order valence-electron chi connectivity index (χ3n) is 5.54. The van der Waals surface area contributed by atoms with Crippen molar-refractivity contribution in [1.29, 1.82) is 0 Å². The first-order valence-corrected chi connectivity index (χ1v) is 11.2. The molecule has 162 valence electrons. The Hall–Kier alpha value is -3.13. The number of carbonyl (C=O) groups is 1. The number of hydrogen-bond donors (Lipinski definition) is 1. The number of aromatic amines is 1. The van der Waals surface area contributed by atoms with Crippen LogP contribution < -0.4 is 15.0 Å². The molecule has 0 aliphatic carbocycles. The highest BCUT2D eigenvalue weighted by Crippen LogP contribution is 2.32. The molecule has 0 bridgehead atoms. The summed E-state index contributed by atoms with van der Waals surface area (Å²) in [6.45, 7) is 0.627. The van der Waals surface area contributed by atoms with Gasteiger partial charge in [-0.3, -0.25) is 9.59 Å². The zero-order chi connectivity index (χ0) is 21.8. The number of piperidine rings is 1. The molecule has 1 N–H and O–H groups in total. The number of thiophene rings is 1. The standard InChI is InChI=1S/C23H25N3O4S/c1-29-17-6-7-20(30-2)16(11-17)12-22(28)26-9-4-3-5-19(26)23-24-18(13-21(27)25-23)15-8-10-31-14-15/h6-8,10-11,13-14,19H,3-5,9,12H2,1-2H3,(H,24,25,27)/t19-/m1/s1. The summed E-state index contributed by atoms with van der Waals surface area (Å²) in [5, 5.41) is 3.92. The van der Waals surface area contributed by atoms with E-state index in [9.17, 15) is 9.59 Å². The van der Waals surface area contributed by atoms with Crippen LogP contribution in [0.5, 0.6) is 11.5 Å². The summed E-state index contributed by atoms with van der Waals surface area (Å²) in [5.41, 5.74) is 2.10. The van der Waals surface area contributed by atoms with E-state index in [2.05, 4.69) is 4.98 Å². The predicted molar refractivity (Wildman–Crippen MR) is 120 cm³/mol. The Morgan fingerprint density at radius 2 is 2.10 bits per heavy atom. The van der Waals surface area contributed by atoms with Gasteiger partial charge in [-0.1, -0.05) is 0 Å². The second kappa shape index (κ2) is 9.34. The molecule has 1 fully saturated rings. The molecular weight excluding hydrogens is 414 g/mol. The quantitative estimate of drug-likeness (QED) is 0.631. The lowest BCUT2D eigenvalue weighted by Crippen LogP contribution is -2.40. The average Bonchev–Trinajstić information content (AvgIpc) is 3.33. The maximum Gasteiger partial charge on any atom is 0.251 e. The van der Waals surface area contributed by atoms with Crippen LogP contribution in [0.3, 0.4) is 0 Å². The molecule has 8 heteroatoms. The summed E-state index contributed by atoms with van der Waals surface area (Å²) in [6, 6.07) is 8.62. The maximum absolute atomic E-state index is 13.3. The molecule has 0 saturated carbocycles. The number of amides is 1. The van der Waals surface area contributed by atoms with Crippen molar-refractivity contribution in [2.45, 2.75) is 31.7 Å². The summed E-state index contributed by atoms with van der Waals surface area (Å²) in [4.78, 5) is 35.1. The average molecular weight is 440 g/mol. The van der Waals surface area contributed by atoms with Crippen molar-refractivity contribution in [3.63, 3.8) is 0 Å². The molecule has 1 aromatic carbocycles. The van der Waals surface area contributed by atoms with E-state index in [1.165, 1.54) is 6.07 Å². The van der Waals surface area contributed by atoms with Gasteiger partial charge >= 0.3 is 0 Å². The maximum atomic E-state index is 13.3. The molecule has 4 rings (SSSR count). The largest absolute Gasteiger partial charge is 0.497 e. The van der Waals surface area contributed by atoms with Crippen LogP contribution in [-0.2, 0) is 11.2 Å². The highest BCUT2D eigenvalue weighted by Gasteiger charge is 2.30. The summed E-state index contributed by atoms with van der Waals surface area (Å²) >= 11 is 1.56. The molecule has 0 radical (unpaired) electrons. The summed E-state index contributed by atoms with van der Waals surface area (Å²) in [5.74, 6) is 1.83. The highest BCUT2D eigenvalue weighted by molar-refractivity contribution is 7.08. The molecule has 1 aliphatic heterocycles. The Kier molecular flexibility index (Phi) is 6.36. The number of benzene rings is 1. The fourth-order valence-corrected chi connectivity index (χ4v) is 4.64. The van der Waals surface area contributed by atoms with E-state index in [4.69, 9.17) is 14.5 Å². The third kappa shape index (κ3) is 4.64. The minimum absolute atomic E-state index is 0.0279. The van der Waals surface area contributed by atoms with Gasteiger partial charge in [0.1, 0.15) is 17.3 Å². The Morgan fingerprint density at radius 3 is 2.84 bits per heavy atom. The van der Waals surface area contributed by atoms with Crippen molar-refractivity contribution in [3.8, 4) is 22.8 Å². The van der Waals surface area contributed by atoms with Gasteiger partial charge in [0.25, 0.3) is 5.56 Å². The number of methoxy groups -OCH3 is 2. The molecule has 31 heavy (non-hydrogen) atoms. The summed E-state index contributed by atoms with van der Waals surface area (Å²) in [6.07, 6.45) is 2.84. The molecular formula is C23H25N3O4S. The fraction of sp³-hybridized carbons (Fsp3) is 0.348. The normalized spacial score (nSPS) is 16.2. The number of H-pyrrole nitrogens is 1. The number of nitrogens with zero attached hydrogens (tertiary/aromatic N) is 2. The second-order valence-electron chi connectivity index (χ2n) is 7.48. The SMILES string of the molecule is COc1ccc(OC)c(CC(=O)N2CCCC[C@@H]2c2nc(-c3ccsc3)cc(=O)[nH]2)c1. The number of nitrogens with one attached hydrogen (secondary N) is 1. The van der Waals surface area contributed by atoms with Gasteiger partial charge in [-0.05, 0) is 48.9 Å². The van der Waals surface area contributed by atoms with Crippen molar-refractivity contribution >= 4 is 17.2 Å². The lowest BCUT2D eigenvalue weighted by atomic mass is 9.99. The second-order valence-corrected chi connectivity index (χ2v) is 8.26. The molecule has 3 heterocycles. The summed E-state index contributed by atoms with van der Waals surface area (Å²) < 4.78 is 10.7. The van der Waals surface area contributed by atoms with Crippen LogP contribution >= 0.6 is 11.3 Å². The molecule has 1 atom stereocenters. The van der Waals surface area contributed by atoms with Crippen LogP contribution in [0.25, 0.3) is 11.3 Å². The smallest absolute Gasteiger partial charge is 0.251 e. The van der Waals surface area contributed by atoms with E-state index >= 15 is 0 Å². The monoisotopic (exact) mass is 439 g/mol. The van der Waals surface area contributed by atoms with Gasteiger partial charge in [0.15, 0.2) is 0 Å². The number of ether oxygens (including phenoxy) is 2. The zero-order valence-corrected chi connectivity index (χ0v) is 18.4. The van der Waals surface area contributed by atoms with E-state index in [0.717, 1.165) is 30.4 Å². The van der Waals surface area contributed by atoms with Gasteiger partial charge in [-0.15, -0.1) is 0 Å². The number of rotatable bonds is 6. The molecule has 1 saturated heterocycles. The lowest BCUT2D eigenvalue weighted by molar-refractivity contribution is -0.134. The van der Waals surface area contributed by atoms with E-state index in [1.54, 1.807) is 37.7 Å². The van der Waals surface area contributed by atoms with Crippen molar-refractivity contribution in [2.24, 2.45) is 0 Å². The predicted octanol–water partition coefficient (Wildman–Crippen LogP) is 3.81. The zero-order valence-electron chi connectivity index (χ0n) is 17.6. The Morgan fingerprint density at radius 1 is 1.23 bits per heavy atom. The van der Waals surface area contributed by atoms with Crippen molar-refractivity contribution in [2.75, 3.05) is 20.8 Å². The molecule has 0 unspecified atom stereocenters. The Labute approximate surface area is 184 Å². The minimum Gasteiger partial charge on any atom is -0.497 e. The highest BCUT2D eigenvalue weighted by atomic mass is 32.1. The summed E-state index contributed by atoms with van der Waals surface area (Å²) in [7, 11) is 3.18. The van der Waals surface area contributed by atoms with E-state index < -0.39 is 0 Å². The van der Waals surface area contributed by atoms with Crippen LogP contribution in [0.15, 0.2) is 45.9 Å². The Balaban J connectivity index is 1.63. The van der Waals surface area contributed by atoms with Crippen LogP contribution in [-0.4, -0.2) is 41.5 Å². The molecule has 2 aromatic heterocycles. The molecule has 1 aliphatic rings. The van der Waals surface area contributed by atoms with Gasteiger partial charge in [0.05, 0.1) is 32.4 Å². The van der Waals surface area contributed by atoms with Gasteiger partial charge in [0, 0.05) is 29.1 Å². The van der Waals surface area contributed by atoms with E-state index in [1.807, 2.05) is 27.8 Å². The molecule has 1 amide bonds. The minimum atomic E-state index is -0.260.